The van der Waals surface area contributed by atoms with Crippen LogP contribution in [0.4, 0.5) is 0 Å². The van der Waals surface area contributed by atoms with Gasteiger partial charge >= 0.3 is 0 Å². The zero-order chi connectivity index (χ0) is 13.7. The van der Waals surface area contributed by atoms with Crippen molar-refractivity contribution in [3.63, 3.8) is 0 Å². The molecule has 0 radical (unpaired) electrons. The van der Waals surface area contributed by atoms with Crippen LogP contribution in [0.25, 0.3) is 0 Å². The van der Waals surface area contributed by atoms with Gasteiger partial charge in [0, 0.05) is 16.1 Å². The van der Waals surface area contributed by atoms with E-state index < -0.39 is 0 Å². The molecule has 2 rings (SSSR count). The summed E-state index contributed by atoms with van der Waals surface area (Å²) < 4.78 is 6.93. The molecule has 0 saturated heterocycles. The van der Waals surface area contributed by atoms with Crippen LogP contribution in [0.3, 0.4) is 0 Å². The number of nitrogens with one attached hydrogen (secondary N) is 1. The SMILES string of the molecule is CCOc1ccc(Br)cc1C(NC)C1CCCCC1. The monoisotopic (exact) mass is 325 g/mol. The van der Waals surface area contributed by atoms with Gasteiger partial charge in [0.05, 0.1) is 6.61 Å². The summed E-state index contributed by atoms with van der Waals surface area (Å²) in [6, 6.07) is 6.75. The van der Waals surface area contributed by atoms with E-state index in [9.17, 15) is 0 Å². The molecule has 19 heavy (non-hydrogen) atoms. The summed E-state index contributed by atoms with van der Waals surface area (Å²) in [6.07, 6.45) is 6.76. The number of hydrogen-bond acceptors (Lipinski definition) is 2. The van der Waals surface area contributed by atoms with Gasteiger partial charge in [-0.15, -0.1) is 0 Å². The van der Waals surface area contributed by atoms with E-state index in [4.69, 9.17) is 4.74 Å². The molecule has 1 aromatic rings. The van der Waals surface area contributed by atoms with E-state index in [1.165, 1.54) is 37.7 Å². The van der Waals surface area contributed by atoms with Crippen molar-refractivity contribution in [3.05, 3.63) is 28.2 Å². The van der Waals surface area contributed by atoms with E-state index in [0.29, 0.717) is 6.04 Å². The molecule has 1 fully saturated rings. The molecule has 0 heterocycles. The summed E-state index contributed by atoms with van der Waals surface area (Å²) in [4.78, 5) is 0. The average Bonchev–Trinajstić information content (AvgIpc) is 2.44. The van der Waals surface area contributed by atoms with E-state index in [-0.39, 0.29) is 0 Å². The summed E-state index contributed by atoms with van der Waals surface area (Å²) in [5.74, 6) is 1.75. The number of rotatable bonds is 5. The zero-order valence-corrected chi connectivity index (χ0v) is 13.5. The lowest BCUT2D eigenvalue weighted by Crippen LogP contribution is -2.27. The van der Waals surface area contributed by atoms with Gasteiger partial charge in [-0.25, -0.2) is 0 Å². The predicted molar refractivity (Wildman–Crippen MR) is 83.7 cm³/mol. The van der Waals surface area contributed by atoms with Gasteiger partial charge in [0.2, 0.25) is 0 Å². The summed E-state index contributed by atoms with van der Waals surface area (Å²) in [5.41, 5.74) is 1.30. The molecular formula is C16H24BrNO. The second-order valence-corrected chi connectivity index (χ2v) is 6.20. The quantitative estimate of drug-likeness (QED) is 0.848. The molecular weight excluding hydrogens is 302 g/mol. The van der Waals surface area contributed by atoms with Crippen LogP contribution in [0.15, 0.2) is 22.7 Å². The van der Waals surface area contributed by atoms with Crippen molar-refractivity contribution >= 4 is 15.9 Å². The molecule has 0 aliphatic heterocycles. The average molecular weight is 326 g/mol. The highest BCUT2D eigenvalue weighted by Crippen LogP contribution is 2.38. The Bertz CT molecular complexity index is 402. The minimum Gasteiger partial charge on any atom is -0.494 e. The summed E-state index contributed by atoms with van der Waals surface area (Å²) in [7, 11) is 2.07. The third-order valence-corrected chi connectivity index (χ3v) is 4.53. The lowest BCUT2D eigenvalue weighted by Gasteiger charge is -2.31. The maximum atomic E-state index is 5.80. The summed E-state index contributed by atoms with van der Waals surface area (Å²) >= 11 is 3.59. The van der Waals surface area contributed by atoms with Crippen LogP contribution in [0.5, 0.6) is 5.75 Å². The smallest absolute Gasteiger partial charge is 0.124 e. The van der Waals surface area contributed by atoms with E-state index in [1.807, 2.05) is 6.92 Å². The predicted octanol–water partition coefficient (Wildman–Crippen LogP) is 4.69. The minimum atomic E-state index is 0.402. The van der Waals surface area contributed by atoms with Crippen molar-refractivity contribution in [2.24, 2.45) is 5.92 Å². The van der Waals surface area contributed by atoms with Crippen molar-refractivity contribution in [1.29, 1.82) is 0 Å². The van der Waals surface area contributed by atoms with Gasteiger partial charge in [-0.05, 0) is 50.9 Å². The molecule has 1 atom stereocenters. The maximum absolute atomic E-state index is 5.80. The highest BCUT2D eigenvalue weighted by Gasteiger charge is 2.26. The Balaban J connectivity index is 2.27. The molecule has 1 aromatic carbocycles. The molecule has 106 valence electrons. The fourth-order valence-corrected chi connectivity index (χ4v) is 3.54. The molecule has 1 unspecified atom stereocenters. The van der Waals surface area contributed by atoms with Crippen LogP contribution in [-0.4, -0.2) is 13.7 Å². The second kappa shape index (κ2) is 7.30. The molecule has 1 aliphatic carbocycles. The molecule has 1 saturated carbocycles. The number of hydrogen-bond donors (Lipinski definition) is 1. The van der Waals surface area contributed by atoms with Crippen LogP contribution >= 0.6 is 15.9 Å². The molecule has 0 aromatic heterocycles. The molecule has 1 aliphatic rings. The molecule has 1 N–H and O–H groups in total. The number of benzene rings is 1. The first kappa shape index (κ1) is 14.9. The number of halogens is 1. The fourth-order valence-electron chi connectivity index (χ4n) is 3.16. The lowest BCUT2D eigenvalue weighted by molar-refractivity contribution is 0.269. The minimum absolute atomic E-state index is 0.402. The Labute approximate surface area is 125 Å². The molecule has 0 spiro atoms. The topological polar surface area (TPSA) is 21.3 Å². The van der Waals surface area contributed by atoms with Gasteiger partial charge in [-0.3, -0.25) is 0 Å². The van der Waals surface area contributed by atoms with E-state index in [2.05, 4.69) is 46.5 Å². The Kier molecular flexibility index (Phi) is 5.71. The van der Waals surface area contributed by atoms with E-state index in [0.717, 1.165) is 22.7 Å². The van der Waals surface area contributed by atoms with Crippen molar-refractivity contribution in [1.82, 2.24) is 5.32 Å². The first-order chi connectivity index (χ1) is 9.26. The van der Waals surface area contributed by atoms with Crippen LogP contribution in [-0.2, 0) is 0 Å². The maximum Gasteiger partial charge on any atom is 0.124 e. The van der Waals surface area contributed by atoms with Crippen LogP contribution in [0.1, 0.15) is 50.6 Å². The van der Waals surface area contributed by atoms with Gasteiger partial charge in [0.15, 0.2) is 0 Å². The first-order valence-corrected chi connectivity index (χ1v) is 8.15. The lowest BCUT2D eigenvalue weighted by atomic mass is 9.81. The Hall–Kier alpha value is -0.540. The van der Waals surface area contributed by atoms with Crippen molar-refractivity contribution in [2.45, 2.75) is 45.1 Å². The second-order valence-electron chi connectivity index (χ2n) is 5.28. The van der Waals surface area contributed by atoms with Gasteiger partial charge < -0.3 is 10.1 Å². The fraction of sp³-hybridized carbons (Fsp3) is 0.625. The van der Waals surface area contributed by atoms with E-state index in [1.54, 1.807) is 0 Å². The van der Waals surface area contributed by atoms with E-state index >= 15 is 0 Å². The Morgan fingerprint density at radius 1 is 1.32 bits per heavy atom. The molecule has 3 heteroatoms. The first-order valence-electron chi connectivity index (χ1n) is 7.35. The molecule has 0 bridgehead atoms. The summed E-state index contributed by atoms with van der Waals surface area (Å²) in [5, 5.41) is 3.51. The zero-order valence-electron chi connectivity index (χ0n) is 11.9. The van der Waals surface area contributed by atoms with Crippen molar-refractivity contribution in [2.75, 3.05) is 13.7 Å². The van der Waals surface area contributed by atoms with Gasteiger partial charge in [-0.2, -0.15) is 0 Å². The van der Waals surface area contributed by atoms with Crippen LogP contribution < -0.4 is 10.1 Å². The van der Waals surface area contributed by atoms with Crippen LogP contribution in [0, 0.1) is 5.92 Å². The highest BCUT2D eigenvalue weighted by molar-refractivity contribution is 9.10. The van der Waals surface area contributed by atoms with Gasteiger partial charge in [-0.1, -0.05) is 35.2 Å². The van der Waals surface area contributed by atoms with Gasteiger partial charge in [0.25, 0.3) is 0 Å². The van der Waals surface area contributed by atoms with Crippen molar-refractivity contribution < 1.29 is 4.74 Å². The number of ether oxygens (including phenoxy) is 1. The van der Waals surface area contributed by atoms with Crippen LogP contribution in [0.2, 0.25) is 0 Å². The van der Waals surface area contributed by atoms with Gasteiger partial charge in [0.1, 0.15) is 5.75 Å². The summed E-state index contributed by atoms with van der Waals surface area (Å²) in [6.45, 7) is 2.76. The Morgan fingerprint density at radius 2 is 2.05 bits per heavy atom. The largest absolute Gasteiger partial charge is 0.494 e. The Morgan fingerprint density at radius 3 is 2.68 bits per heavy atom. The highest BCUT2D eigenvalue weighted by atomic mass is 79.9. The third-order valence-electron chi connectivity index (χ3n) is 4.04. The van der Waals surface area contributed by atoms with Crippen molar-refractivity contribution in [3.8, 4) is 5.75 Å². The third kappa shape index (κ3) is 3.73. The standard InChI is InChI=1S/C16H24BrNO/c1-3-19-15-10-9-13(17)11-14(15)16(18-2)12-7-5-4-6-8-12/h9-12,16,18H,3-8H2,1-2H3. The molecule has 0 amide bonds. The molecule has 2 nitrogen and oxygen atoms in total. The normalized spacial score (nSPS) is 18.3.